The van der Waals surface area contributed by atoms with E-state index in [4.69, 9.17) is 14.4 Å². The fourth-order valence-corrected chi connectivity index (χ4v) is 5.33. The van der Waals surface area contributed by atoms with Gasteiger partial charge in [-0.1, -0.05) is 60.7 Å². The summed E-state index contributed by atoms with van der Waals surface area (Å²) in [5.41, 5.74) is 9.71. The number of nitrogens with zero attached hydrogens (tertiary/aromatic N) is 3. The maximum atomic E-state index is 6.05. The lowest BCUT2D eigenvalue weighted by atomic mass is 10.0. The van der Waals surface area contributed by atoms with Crippen molar-refractivity contribution in [1.29, 1.82) is 0 Å². The van der Waals surface area contributed by atoms with Gasteiger partial charge >= 0.3 is 0 Å². The molecule has 0 radical (unpaired) electrons. The third kappa shape index (κ3) is 2.75. The van der Waals surface area contributed by atoms with E-state index in [9.17, 15) is 0 Å². The molecule has 4 nitrogen and oxygen atoms in total. The molecule has 3 heterocycles. The van der Waals surface area contributed by atoms with Crippen molar-refractivity contribution in [1.82, 2.24) is 14.5 Å². The van der Waals surface area contributed by atoms with Crippen LogP contribution in [0, 0.1) is 0 Å². The molecule has 0 aliphatic heterocycles. The van der Waals surface area contributed by atoms with Crippen molar-refractivity contribution in [3.05, 3.63) is 115 Å². The molecule has 4 heteroatoms. The number of para-hydroxylation sites is 4. The molecule has 0 spiro atoms. The number of benzene rings is 5. The zero-order chi connectivity index (χ0) is 23.6. The number of rotatable bonds is 2. The summed E-state index contributed by atoms with van der Waals surface area (Å²) in [5, 5.41) is 3.45. The Kier molecular flexibility index (Phi) is 3.91. The van der Waals surface area contributed by atoms with E-state index in [1.54, 1.807) is 0 Å². The quantitative estimate of drug-likeness (QED) is 0.260. The van der Waals surface area contributed by atoms with Gasteiger partial charge in [0.1, 0.15) is 11.1 Å². The average molecular weight is 462 g/mol. The van der Waals surface area contributed by atoms with Crippen LogP contribution in [0.25, 0.3) is 71.9 Å². The molecule has 168 valence electrons. The van der Waals surface area contributed by atoms with E-state index in [1.165, 1.54) is 21.8 Å². The van der Waals surface area contributed by atoms with Gasteiger partial charge in [-0.3, -0.25) is 0 Å². The van der Waals surface area contributed by atoms with Crippen LogP contribution in [0.4, 0.5) is 0 Å². The third-order valence-corrected chi connectivity index (χ3v) is 7.00. The average Bonchev–Trinajstić information content (AvgIpc) is 3.46. The Balaban J connectivity index is 1.36. The fourth-order valence-electron chi connectivity index (χ4n) is 5.33. The van der Waals surface area contributed by atoms with Gasteiger partial charge in [0, 0.05) is 21.8 Å². The van der Waals surface area contributed by atoms with Crippen molar-refractivity contribution in [2.24, 2.45) is 0 Å². The number of aromatic nitrogens is 3. The number of hydrogen-bond donors (Lipinski definition) is 0. The molecule has 0 unspecified atom stereocenters. The van der Waals surface area contributed by atoms with Crippen LogP contribution >= 0.6 is 0 Å². The summed E-state index contributed by atoms with van der Waals surface area (Å²) >= 11 is 0. The van der Waals surface area contributed by atoms with Crippen LogP contribution in [0.2, 0.25) is 0 Å². The highest BCUT2D eigenvalue weighted by Gasteiger charge is 2.15. The van der Waals surface area contributed by atoms with Gasteiger partial charge < -0.3 is 8.98 Å². The van der Waals surface area contributed by atoms with Crippen molar-refractivity contribution in [3.63, 3.8) is 0 Å². The summed E-state index contributed by atoms with van der Waals surface area (Å²) in [6, 6.07) is 40.1. The molecule has 0 saturated carbocycles. The number of furan rings is 1. The first kappa shape index (κ1) is 19.4. The lowest BCUT2D eigenvalue weighted by Gasteiger charge is -2.08. The number of fused-ring (bicyclic) bond motifs is 7. The largest absolute Gasteiger partial charge is 0.436 e. The van der Waals surface area contributed by atoms with Crippen molar-refractivity contribution >= 4 is 55.0 Å². The minimum absolute atomic E-state index is 0.572. The van der Waals surface area contributed by atoms with Crippen molar-refractivity contribution < 1.29 is 4.42 Å². The van der Waals surface area contributed by atoms with Gasteiger partial charge in [-0.15, -0.1) is 0 Å². The SMILES string of the molecule is c1ccc(-n2c3ccccc3c3cc(-c4ccc5oc6nc7ccccc7nc6c5c4)ccc32)cc1. The van der Waals surface area contributed by atoms with Crippen LogP contribution in [-0.2, 0) is 0 Å². The van der Waals surface area contributed by atoms with E-state index >= 15 is 0 Å². The molecule has 0 fully saturated rings. The van der Waals surface area contributed by atoms with E-state index < -0.39 is 0 Å². The zero-order valence-corrected chi connectivity index (χ0v) is 19.2. The van der Waals surface area contributed by atoms with Gasteiger partial charge in [0.05, 0.1) is 22.1 Å². The molecular weight excluding hydrogens is 442 g/mol. The molecule has 0 aliphatic rings. The second-order valence-electron chi connectivity index (χ2n) is 9.10. The van der Waals surface area contributed by atoms with Gasteiger partial charge in [0.15, 0.2) is 0 Å². The van der Waals surface area contributed by atoms with Crippen LogP contribution < -0.4 is 0 Å². The van der Waals surface area contributed by atoms with Crippen LogP contribution in [0.5, 0.6) is 0 Å². The topological polar surface area (TPSA) is 43.9 Å². The zero-order valence-electron chi connectivity index (χ0n) is 19.2. The Bertz CT molecular complexity index is 2100. The molecule has 0 N–H and O–H groups in total. The second kappa shape index (κ2) is 7.27. The van der Waals surface area contributed by atoms with Crippen LogP contribution in [0.1, 0.15) is 0 Å². The molecule has 0 amide bonds. The van der Waals surface area contributed by atoms with E-state index in [-0.39, 0.29) is 0 Å². The van der Waals surface area contributed by atoms with Gasteiger partial charge in [-0.05, 0) is 65.7 Å². The summed E-state index contributed by atoms with van der Waals surface area (Å²) in [4.78, 5) is 9.56. The first-order chi connectivity index (χ1) is 17.8. The van der Waals surface area contributed by atoms with E-state index in [1.807, 2.05) is 30.3 Å². The monoisotopic (exact) mass is 461 g/mol. The Morgan fingerprint density at radius 3 is 2.06 bits per heavy atom. The summed E-state index contributed by atoms with van der Waals surface area (Å²) in [5.74, 6) is 0. The van der Waals surface area contributed by atoms with Crippen LogP contribution in [-0.4, -0.2) is 14.5 Å². The van der Waals surface area contributed by atoms with Crippen molar-refractivity contribution in [3.8, 4) is 16.8 Å². The molecule has 3 aromatic heterocycles. The molecule has 0 aliphatic carbocycles. The van der Waals surface area contributed by atoms with Crippen LogP contribution in [0.15, 0.2) is 120 Å². The van der Waals surface area contributed by atoms with Gasteiger partial charge in [0.25, 0.3) is 0 Å². The fraction of sp³-hybridized carbons (Fsp3) is 0. The van der Waals surface area contributed by atoms with Crippen molar-refractivity contribution in [2.75, 3.05) is 0 Å². The maximum absolute atomic E-state index is 6.05. The van der Waals surface area contributed by atoms with Crippen molar-refractivity contribution in [2.45, 2.75) is 0 Å². The minimum atomic E-state index is 0.572. The Morgan fingerprint density at radius 1 is 0.528 bits per heavy atom. The summed E-state index contributed by atoms with van der Waals surface area (Å²) in [6.45, 7) is 0. The van der Waals surface area contributed by atoms with Gasteiger partial charge in [-0.2, -0.15) is 0 Å². The molecule has 0 bridgehead atoms. The molecule has 5 aromatic carbocycles. The van der Waals surface area contributed by atoms with E-state index in [0.29, 0.717) is 5.71 Å². The molecule has 8 rings (SSSR count). The second-order valence-corrected chi connectivity index (χ2v) is 9.10. The highest BCUT2D eigenvalue weighted by Crippen LogP contribution is 2.36. The molecule has 8 aromatic rings. The first-order valence-electron chi connectivity index (χ1n) is 12.0. The Labute approximate surface area is 206 Å². The Morgan fingerprint density at radius 2 is 1.19 bits per heavy atom. The summed E-state index contributed by atoms with van der Waals surface area (Å²) in [7, 11) is 0. The molecule has 0 atom stereocenters. The minimum Gasteiger partial charge on any atom is -0.436 e. The Hall–Kier alpha value is -4.96. The molecule has 0 saturated heterocycles. The normalized spacial score (nSPS) is 11.9. The van der Waals surface area contributed by atoms with Gasteiger partial charge in [-0.25, -0.2) is 9.97 Å². The lowest BCUT2D eigenvalue weighted by molar-refractivity contribution is 0.655. The highest BCUT2D eigenvalue weighted by atomic mass is 16.3. The smallest absolute Gasteiger partial charge is 0.246 e. The molecular formula is C32H19N3O. The highest BCUT2D eigenvalue weighted by molar-refractivity contribution is 6.11. The third-order valence-electron chi connectivity index (χ3n) is 7.00. The standard InChI is InChI=1S/C32H19N3O/c1-2-8-22(9-3-1)35-28-13-7-4-10-23(28)24-18-20(14-16-29(24)35)21-15-17-30-25(19-21)31-32(36-30)34-27-12-6-5-11-26(27)33-31/h1-19H. The van der Waals surface area contributed by atoms with E-state index in [2.05, 4.69) is 89.5 Å². The lowest BCUT2D eigenvalue weighted by Crippen LogP contribution is -1.92. The maximum Gasteiger partial charge on any atom is 0.246 e. The molecule has 36 heavy (non-hydrogen) atoms. The summed E-state index contributed by atoms with van der Waals surface area (Å²) < 4.78 is 8.39. The first-order valence-corrected chi connectivity index (χ1v) is 12.0. The van der Waals surface area contributed by atoms with E-state index in [0.717, 1.165) is 44.3 Å². The van der Waals surface area contributed by atoms with Gasteiger partial charge in [0.2, 0.25) is 5.71 Å². The predicted molar refractivity (Wildman–Crippen MR) is 147 cm³/mol. The predicted octanol–water partition coefficient (Wildman–Crippen LogP) is 8.29. The van der Waals surface area contributed by atoms with Crippen LogP contribution in [0.3, 0.4) is 0 Å². The summed E-state index contributed by atoms with van der Waals surface area (Å²) in [6.07, 6.45) is 0. The number of hydrogen-bond acceptors (Lipinski definition) is 3.